The molecule has 0 amide bonds. The van der Waals surface area contributed by atoms with E-state index in [4.69, 9.17) is 16.3 Å². The van der Waals surface area contributed by atoms with Crippen LogP contribution in [-0.2, 0) is 17.0 Å². The number of likely N-dealkylation sites (N-methyl/N-ethyl adjacent to an activating group) is 1. The first-order valence-corrected chi connectivity index (χ1v) is 8.51. The van der Waals surface area contributed by atoms with Gasteiger partial charge in [-0.2, -0.15) is 0 Å². The topological polar surface area (TPSA) is 45.6 Å². The second-order valence-corrected chi connectivity index (χ2v) is 6.75. The Kier molecular flexibility index (Phi) is 6.23. The van der Waals surface area contributed by atoms with E-state index in [9.17, 15) is 5.11 Å². The summed E-state index contributed by atoms with van der Waals surface area (Å²) < 4.78 is 5.30. The fraction of sp³-hybridized carbons (Fsp3) is 0.786. The minimum Gasteiger partial charge on any atom is -0.388 e. The number of aliphatic hydroxyl groups is 1. The lowest BCUT2D eigenvalue weighted by Gasteiger charge is -2.35. The van der Waals surface area contributed by atoms with Gasteiger partial charge < -0.3 is 14.7 Å². The van der Waals surface area contributed by atoms with Crippen LogP contribution < -0.4 is 0 Å². The van der Waals surface area contributed by atoms with Gasteiger partial charge in [0, 0.05) is 44.4 Å². The molecule has 0 aromatic carbocycles. The van der Waals surface area contributed by atoms with Crippen LogP contribution in [-0.4, -0.2) is 53.9 Å². The molecule has 0 saturated carbocycles. The van der Waals surface area contributed by atoms with Gasteiger partial charge in [-0.05, 0) is 20.0 Å². The number of thiazole rings is 1. The van der Waals surface area contributed by atoms with Gasteiger partial charge in [-0.15, -0.1) is 22.9 Å². The Morgan fingerprint density at radius 2 is 2.25 bits per heavy atom. The van der Waals surface area contributed by atoms with Gasteiger partial charge in [0.05, 0.1) is 22.2 Å². The molecule has 1 aliphatic heterocycles. The van der Waals surface area contributed by atoms with Crippen LogP contribution in [0.25, 0.3) is 0 Å². The van der Waals surface area contributed by atoms with Crippen molar-refractivity contribution in [3.63, 3.8) is 0 Å². The molecule has 0 atom stereocenters. The van der Waals surface area contributed by atoms with E-state index in [0.717, 1.165) is 49.5 Å². The maximum absolute atomic E-state index is 10.4. The zero-order chi connectivity index (χ0) is 14.4. The van der Waals surface area contributed by atoms with Crippen molar-refractivity contribution in [1.82, 2.24) is 9.88 Å². The van der Waals surface area contributed by atoms with Gasteiger partial charge in [-0.25, -0.2) is 4.98 Å². The third-order valence-corrected chi connectivity index (χ3v) is 4.89. The van der Waals surface area contributed by atoms with Gasteiger partial charge in [-0.3, -0.25) is 0 Å². The number of rotatable bonds is 7. The molecule has 1 saturated heterocycles. The largest absolute Gasteiger partial charge is 0.388 e. The Hall–Kier alpha value is -0.200. The molecule has 1 aromatic rings. The van der Waals surface area contributed by atoms with Crippen molar-refractivity contribution in [2.75, 3.05) is 33.4 Å². The number of aryl methyl sites for hydroxylation is 1. The van der Waals surface area contributed by atoms with Crippen LogP contribution in [0.2, 0.25) is 0 Å². The molecule has 1 N–H and O–H groups in total. The molecule has 2 heterocycles. The summed E-state index contributed by atoms with van der Waals surface area (Å²) >= 11 is 7.43. The third kappa shape index (κ3) is 4.97. The van der Waals surface area contributed by atoms with E-state index in [0.29, 0.717) is 19.1 Å². The highest BCUT2D eigenvalue weighted by molar-refractivity contribution is 7.09. The number of halogens is 1. The molecule has 0 spiro atoms. The molecular formula is C14H23ClN2O2S. The van der Waals surface area contributed by atoms with E-state index in [-0.39, 0.29) is 0 Å². The predicted molar refractivity (Wildman–Crippen MR) is 82.5 cm³/mol. The summed E-state index contributed by atoms with van der Waals surface area (Å²) in [6.45, 7) is 3.04. The van der Waals surface area contributed by atoms with Crippen LogP contribution in [0.4, 0.5) is 0 Å². The highest BCUT2D eigenvalue weighted by atomic mass is 35.5. The highest BCUT2D eigenvalue weighted by Gasteiger charge is 2.30. The second kappa shape index (κ2) is 7.71. The van der Waals surface area contributed by atoms with E-state index in [1.165, 1.54) is 0 Å². The summed E-state index contributed by atoms with van der Waals surface area (Å²) in [5, 5.41) is 13.6. The van der Waals surface area contributed by atoms with Crippen molar-refractivity contribution in [1.29, 1.82) is 0 Å². The van der Waals surface area contributed by atoms with Gasteiger partial charge >= 0.3 is 0 Å². The summed E-state index contributed by atoms with van der Waals surface area (Å²) in [7, 11) is 2.07. The lowest BCUT2D eigenvalue weighted by Crippen LogP contribution is -2.45. The normalized spacial score (nSPS) is 18.6. The standard InChI is InChI=1S/C14H23ClN2O2S/c1-17(11-14(18)4-7-19-8-5-14)6-2-3-13-16-12(9-15)10-20-13/h10,18H,2-9,11H2,1H3. The van der Waals surface area contributed by atoms with Gasteiger partial charge in [0.1, 0.15) is 0 Å². The Balaban J connectivity index is 1.68. The first-order chi connectivity index (χ1) is 9.61. The van der Waals surface area contributed by atoms with E-state index in [1.54, 1.807) is 11.3 Å². The molecule has 0 unspecified atom stereocenters. The minimum atomic E-state index is -0.569. The molecule has 0 bridgehead atoms. The zero-order valence-corrected chi connectivity index (χ0v) is 13.5. The zero-order valence-electron chi connectivity index (χ0n) is 12.0. The molecule has 20 heavy (non-hydrogen) atoms. The quantitative estimate of drug-likeness (QED) is 0.784. The first-order valence-electron chi connectivity index (χ1n) is 7.09. The smallest absolute Gasteiger partial charge is 0.0929 e. The Bertz CT molecular complexity index is 408. The summed E-state index contributed by atoms with van der Waals surface area (Å²) in [5.41, 5.74) is 0.400. The van der Waals surface area contributed by atoms with Gasteiger partial charge in [-0.1, -0.05) is 0 Å². The molecule has 1 aromatic heterocycles. The number of ether oxygens (including phenoxy) is 1. The van der Waals surface area contributed by atoms with Gasteiger partial charge in [0.2, 0.25) is 0 Å². The summed E-state index contributed by atoms with van der Waals surface area (Å²) in [6, 6.07) is 0. The van der Waals surface area contributed by atoms with Crippen molar-refractivity contribution >= 4 is 22.9 Å². The van der Waals surface area contributed by atoms with E-state index >= 15 is 0 Å². The van der Waals surface area contributed by atoms with Crippen LogP contribution in [0.5, 0.6) is 0 Å². The molecule has 114 valence electrons. The Morgan fingerprint density at radius 1 is 1.50 bits per heavy atom. The van der Waals surface area contributed by atoms with Crippen LogP contribution >= 0.6 is 22.9 Å². The van der Waals surface area contributed by atoms with Crippen molar-refractivity contribution in [2.24, 2.45) is 0 Å². The summed E-state index contributed by atoms with van der Waals surface area (Å²) in [4.78, 5) is 6.67. The van der Waals surface area contributed by atoms with Crippen LogP contribution in [0, 0.1) is 0 Å². The Labute approximate surface area is 129 Å². The molecule has 4 nitrogen and oxygen atoms in total. The number of nitrogens with zero attached hydrogens (tertiary/aromatic N) is 2. The maximum Gasteiger partial charge on any atom is 0.0929 e. The number of hydrogen-bond donors (Lipinski definition) is 1. The van der Waals surface area contributed by atoms with Crippen molar-refractivity contribution in [3.8, 4) is 0 Å². The average Bonchev–Trinajstić information content (AvgIpc) is 2.87. The van der Waals surface area contributed by atoms with Crippen LogP contribution in [0.1, 0.15) is 30.0 Å². The number of alkyl halides is 1. The molecule has 6 heteroatoms. The average molecular weight is 319 g/mol. The van der Waals surface area contributed by atoms with Crippen LogP contribution in [0.3, 0.4) is 0 Å². The van der Waals surface area contributed by atoms with Gasteiger partial charge in [0.15, 0.2) is 0 Å². The molecule has 1 aliphatic rings. The van der Waals surface area contributed by atoms with E-state index < -0.39 is 5.60 Å². The van der Waals surface area contributed by atoms with Crippen molar-refractivity contribution in [3.05, 3.63) is 16.1 Å². The fourth-order valence-corrected chi connectivity index (χ4v) is 3.58. The summed E-state index contributed by atoms with van der Waals surface area (Å²) in [6.07, 6.45) is 3.51. The number of aromatic nitrogens is 1. The minimum absolute atomic E-state index is 0.492. The fourth-order valence-electron chi connectivity index (χ4n) is 2.52. The van der Waals surface area contributed by atoms with E-state index in [1.807, 2.05) is 5.38 Å². The van der Waals surface area contributed by atoms with Gasteiger partial charge in [0.25, 0.3) is 0 Å². The Morgan fingerprint density at radius 3 is 2.90 bits per heavy atom. The molecule has 0 radical (unpaired) electrons. The lowest BCUT2D eigenvalue weighted by molar-refractivity contribution is -0.0768. The molecule has 2 rings (SSSR count). The monoisotopic (exact) mass is 318 g/mol. The predicted octanol–water partition coefficient (Wildman–Crippen LogP) is 2.29. The second-order valence-electron chi connectivity index (χ2n) is 5.54. The third-order valence-electron chi connectivity index (χ3n) is 3.65. The molecular weight excluding hydrogens is 296 g/mol. The maximum atomic E-state index is 10.4. The van der Waals surface area contributed by atoms with E-state index in [2.05, 4.69) is 16.9 Å². The SMILES string of the molecule is CN(CCCc1nc(CCl)cs1)CC1(O)CCOCC1. The first kappa shape index (κ1) is 16.2. The molecule has 1 fully saturated rings. The summed E-state index contributed by atoms with van der Waals surface area (Å²) in [5.74, 6) is 0.492. The van der Waals surface area contributed by atoms with Crippen molar-refractivity contribution < 1.29 is 9.84 Å². The highest BCUT2D eigenvalue weighted by Crippen LogP contribution is 2.21. The van der Waals surface area contributed by atoms with Crippen LogP contribution in [0.15, 0.2) is 5.38 Å². The number of hydrogen-bond acceptors (Lipinski definition) is 5. The lowest BCUT2D eigenvalue weighted by atomic mass is 9.94. The molecule has 0 aliphatic carbocycles. The van der Waals surface area contributed by atoms with Crippen molar-refractivity contribution in [2.45, 2.75) is 37.2 Å².